The van der Waals surface area contributed by atoms with Crippen molar-refractivity contribution < 1.29 is 4.92 Å². The summed E-state index contributed by atoms with van der Waals surface area (Å²) in [7, 11) is 0. The van der Waals surface area contributed by atoms with E-state index in [0.29, 0.717) is 0 Å². The Hall–Kier alpha value is -2.81. The lowest BCUT2D eigenvalue weighted by Crippen LogP contribution is -2.08. The minimum Gasteiger partial charge on any atom is -0.288 e. The molecule has 0 bridgehead atoms. The molecule has 0 fully saturated rings. The lowest BCUT2D eigenvalue weighted by Gasteiger charge is -2.08. The van der Waals surface area contributed by atoms with Crippen molar-refractivity contribution in [3.8, 4) is 6.07 Å². The van der Waals surface area contributed by atoms with Crippen molar-refractivity contribution in [1.29, 1.82) is 5.26 Å². The molecule has 1 aromatic carbocycles. The van der Waals surface area contributed by atoms with Gasteiger partial charge in [0, 0.05) is 12.4 Å². The summed E-state index contributed by atoms with van der Waals surface area (Å²) in [5.41, 5.74) is 2.93. The molecule has 0 spiro atoms. The standard InChI is InChI=1S/C11H8N4O2/c12-8-9-4-3-5-10(11(9)15(16)17)13-14-6-1-2-7-14/h1-7,13H. The second-order valence-corrected chi connectivity index (χ2v) is 3.27. The molecule has 0 aliphatic carbocycles. The molecule has 0 aliphatic rings. The molecule has 0 saturated heterocycles. The van der Waals surface area contributed by atoms with Gasteiger partial charge < -0.3 is 0 Å². The van der Waals surface area contributed by atoms with Crippen molar-refractivity contribution in [2.24, 2.45) is 0 Å². The number of nitro groups is 1. The smallest absolute Gasteiger partial charge is 0.288 e. The molecule has 6 heteroatoms. The zero-order valence-electron chi connectivity index (χ0n) is 8.70. The Morgan fingerprint density at radius 3 is 2.59 bits per heavy atom. The number of nitrogens with zero attached hydrogens (tertiary/aromatic N) is 3. The summed E-state index contributed by atoms with van der Waals surface area (Å²) in [5, 5.41) is 19.8. The number of anilines is 1. The van der Waals surface area contributed by atoms with Crippen LogP contribution in [0.1, 0.15) is 5.56 Å². The first-order valence-corrected chi connectivity index (χ1v) is 4.80. The number of rotatable bonds is 3. The fourth-order valence-corrected chi connectivity index (χ4v) is 1.47. The van der Waals surface area contributed by atoms with Crippen molar-refractivity contribution in [3.63, 3.8) is 0 Å². The second-order valence-electron chi connectivity index (χ2n) is 3.27. The highest BCUT2D eigenvalue weighted by Gasteiger charge is 2.19. The van der Waals surface area contributed by atoms with Gasteiger partial charge in [-0.05, 0) is 24.3 Å². The summed E-state index contributed by atoms with van der Waals surface area (Å²) in [6.07, 6.45) is 3.42. The van der Waals surface area contributed by atoms with E-state index in [2.05, 4.69) is 5.43 Å². The lowest BCUT2D eigenvalue weighted by atomic mass is 10.1. The van der Waals surface area contributed by atoms with Crippen LogP contribution in [0.4, 0.5) is 11.4 Å². The molecule has 1 N–H and O–H groups in total. The number of nitriles is 1. The highest BCUT2D eigenvalue weighted by Crippen LogP contribution is 2.27. The maximum atomic E-state index is 10.9. The summed E-state index contributed by atoms with van der Waals surface area (Å²) in [6.45, 7) is 0. The maximum Gasteiger partial charge on any atom is 0.311 e. The molecule has 0 aliphatic heterocycles. The van der Waals surface area contributed by atoms with Gasteiger partial charge in [-0.25, -0.2) is 0 Å². The van der Waals surface area contributed by atoms with Gasteiger partial charge in [0.05, 0.1) is 4.92 Å². The molecule has 1 aromatic heterocycles. The number of hydrogen-bond donors (Lipinski definition) is 1. The topological polar surface area (TPSA) is 83.9 Å². The first-order valence-electron chi connectivity index (χ1n) is 4.80. The van der Waals surface area contributed by atoms with E-state index in [1.165, 1.54) is 6.07 Å². The van der Waals surface area contributed by atoms with Crippen LogP contribution in [-0.2, 0) is 0 Å². The minimum atomic E-state index is -0.565. The first kappa shape index (κ1) is 10.7. The van der Waals surface area contributed by atoms with Crippen LogP contribution >= 0.6 is 0 Å². The summed E-state index contributed by atoms with van der Waals surface area (Å²) < 4.78 is 1.57. The van der Waals surface area contributed by atoms with E-state index in [4.69, 9.17) is 5.26 Å². The molecule has 0 saturated carbocycles. The fraction of sp³-hybridized carbons (Fsp3) is 0. The third-order valence-corrected chi connectivity index (χ3v) is 2.19. The number of nitrogens with one attached hydrogen (secondary N) is 1. The van der Waals surface area contributed by atoms with Crippen LogP contribution in [0.25, 0.3) is 0 Å². The highest BCUT2D eigenvalue weighted by molar-refractivity contribution is 5.68. The molecule has 2 rings (SSSR count). The number of aromatic nitrogens is 1. The molecule has 0 amide bonds. The van der Waals surface area contributed by atoms with Crippen molar-refractivity contribution >= 4 is 11.4 Å². The molecule has 0 atom stereocenters. The maximum absolute atomic E-state index is 10.9. The molecule has 1 heterocycles. The van der Waals surface area contributed by atoms with Crippen LogP contribution in [0, 0.1) is 21.4 Å². The lowest BCUT2D eigenvalue weighted by molar-refractivity contribution is -0.384. The van der Waals surface area contributed by atoms with Crippen molar-refractivity contribution in [3.05, 3.63) is 58.4 Å². The highest BCUT2D eigenvalue weighted by atomic mass is 16.6. The van der Waals surface area contributed by atoms with Gasteiger partial charge in [-0.1, -0.05) is 6.07 Å². The minimum absolute atomic E-state index is 0.0344. The van der Waals surface area contributed by atoms with Crippen molar-refractivity contribution in [1.82, 2.24) is 4.68 Å². The number of nitro benzene ring substituents is 1. The zero-order chi connectivity index (χ0) is 12.3. The summed E-state index contributed by atoms with van der Waals surface area (Å²) >= 11 is 0. The normalized spacial score (nSPS) is 9.59. The molecule has 17 heavy (non-hydrogen) atoms. The Balaban J connectivity index is 2.47. The predicted octanol–water partition coefficient (Wildman–Crippen LogP) is 2.14. The molecule has 84 valence electrons. The van der Waals surface area contributed by atoms with Gasteiger partial charge in [0.15, 0.2) is 0 Å². The van der Waals surface area contributed by atoms with Crippen molar-refractivity contribution in [2.75, 3.05) is 5.43 Å². The van der Waals surface area contributed by atoms with Crippen LogP contribution < -0.4 is 5.43 Å². The summed E-state index contributed by atoms with van der Waals surface area (Å²) in [4.78, 5) is 10.4. The van der Waals surface area contributed by atoms with Gasteiger partial charge >= 0.3 is 5.69 Å². The third kappa shape index (κ3) is 2.08. The van der Waals surface area contributed by atoms with Crippen LogP contribution in [0.5, 0.6) is 0 Å². The van der Waals surface area contributed by atoms with Gasteiger partial charge in [0.1, 0.15) is 17.3 Å². The van der Waals surface area contributed by atoms with Gasteiger partial charge in [-0.3, -0.25) is 20.2 Å². The first-order chi connectivity index (χ1) is 8.22. The second kappa shape index (κ2) is 4.37. The van der Waals surface area contributed by atoms with E-state index in [0.717, 1.165) is 0 Å². The predicted molar refractivity (Wildman–Crippen MR) is 61.3 cm³/mol. The molecular formula is C11H8N4O2. The Labute approximate surface area is 96.8 Å². The van der Waals surface area contributed by atoms with E-state index in [1.54, 1.807) is 47.4 Å². The Morgan fingerprint density at radius 2 is 2.00 bits per heavy atom. The van der Waals surface area contributed by atoms with Crippen LogP contribution in [0.2, 0.25) is 0 Å². The van der Waals surface area contributed by atoms with Crippen LogP contribution in [0.3, 0.4) is 0 Å². The quantitative estimate of drug-likeness (QED) is 0.644. The Kier molecular flexibility index (Phi) is 2.75. The monoisotopic (exact) mass is 228 g/mol. The third-order valence-electron chi connectivity index (χ3n) is 2.19. The van der Waals surface area contributed by atoms with E-state index in [-0.39, 0.29) is 16.9 Å². The summed E-state index contributed by atoms with van der Waals surface area (Å²) in [6, 6.07) is 9.94. The SMILES string of the molecule is N#Cc1cccc(Nn2cccc2)c1[N+](=O)[O-]. The van der Waals surface area contributed by atoms with E-state index >= 15 is 0 Å². The van der Waals surface area contributed by atoms with Crippen molar-refractivity contribution in [2.45, 2.75) is 0 Å². The fourth-order valence-electron chi connectivity index (χ4n) is 1.47. The molecule has 2 aromatic rings. The molecule has 6 nitrogen and oxygen atoms in total. The number of hydrogen-bond acceptors (Lipinski definition) is 4. The van der Waals surface area contributed by atoms with Crippen LogP contribution in [0.15, 0.2) is 42.7 Å². The average Bonchev–Trinajstić information content (AvgIpc) is 2.81. The van der Waals surface area contributed by atoms with Gasteiger partial charge in [0.2, 0.25) is 0 Å². The van der Waals surface area contributed by atoms with Crippen LogP contribution in [-0.4, -0.2) is 9.60 Å². The molecule has 0 radical (unpaired) electrons. The Morgan fingerprint density at radius 1 is 1.29 bits per heavy atom. The average molecular weight is 228 g/mol. The Bertz CT molecular complexity index is 584. The zero-order valence-corrected chi connectivity index (χ0v) is 8.70. The number of para-hydroxylation sites is 1. The summed E-state index contributed by atoms with van der Waals surface area (Å²) in [5.74, 6) is 0. The molecular weight excluding hydrogens is 220 g/mol. The largest absolute Gasteiger partial charge is 0.311 e. The van der Waals surface area contributed by atoms with Gasteiger partial charge in [0.25, 0.3) is 0 Å². The number of benzene rings is 1. The molecule has 0 unspecified atom stereocenters. The van der Waals surface area contributed by atoms with E-state index in [9.17, 15) is 10.1 Å². The van der Waals surface area contributed by atoms with Gasteiger partial charge in [-0.2, -0.15) is 5.26 Å². The van der Waals surface area contributed by atoms with Gasteiger partial charge in [-0.15, -0.1) is 0 Å². The van der Waals surface area contributed by atoms with E-state index < -0.39 is 4.92 Å². The van der Waals surface area contributed by atoms with E-state index in [1.807, 2.05) is 0 Å².